The van der Waals surface area contributed by atoms with Crippen LogP contribution in [0.4, 0.5) is 5.69 Å². The number of nitrogens with two attached hydrogens (primary N) is 1. The lowest BCUT2D eigenvalue weighted by Crippen LogP contribution is -2.33. The van der Waals surface area contributed by atoms with E-state index in [9.17, 15) is 8.42 Å². The predicted molar refractivity (Wildman–Crippen MR) is 73.1 cm³/mol. The fourth-order valence-electron chi connectivity index (χ4n) is 1.89. The van der Waals surface area contributed by atoms with E-state index >= 15 is 0 Å². The maximum absolute atomic E-state index is 12.5. The van der Waals surface area contributed by atoms with E-state index < -0.39 is 10.0 Å². The van der Waals surface area contributed by atoms with Gasteiger partial charge in [0.1, 0.15) is 0 Å². The normalized spacial score (nSPS) is 16.2. The van der Waals surface area contributed by atoms with Crippen LogP contribution >= 0.6 is 11.6 Å². The average molecular weight is 289 g/mol. The molecule has 0 atom stereocenters. The molecule has 1 fully saturated rings. The number of sulfonamides is 1. The summed E-state index contributed by atoms with van der Waals surface area (Å²) in [6.07, 6.45) is 2.70. The van der Waals surface area contributed by atoms with Gasteiger partial charge in [0, 0.05) is 12.6 Å². The van der Waals surface area contributed by atoms with Crippen molar-refractivity contribution in [1.29, 1.82) is 0 Å². The van der Waals surface area contributed by atoms with Crippen LogP contribution in [0, 0.1) is 0 Å². The maximum Gasteiger partial charge on any atom is 0.243 e. The smallest absolute Gasteiger partial charge is 0.243 e. The quantitative estimate of drug-likeness (QED) is 0.847. The molecular formula is C12H17ClN2O2S. The number of hydrogen-bond donors (Lipinski definition) is 1. The van der Waals surface area contributed by atoms with Crippen molar-refractivity contribution in [3.8, 4) is 0 Å². The second kappa shape index (κ2) is 5.07. The van der Waals surface area contributed by atoms with Crippen LogP contribution in [0.15, 0.2) is 23.1 Å². The molecule has 0 bridgehead atoms. The molecule has 2 rings (SSSR count). The van der Waals surface area contributed by atoms with Gasteiger partial charge >= 0.3 is 0 Å². The van der Waals surface area contributed by atoms with E-state index in [0.29, 0.717) is 12.2 Å². The van der Waals surface area contributed by atoms with Gasteiger partial charge in [0.05, 0.1) is 15.6 Å². The summed E-state index contributed by atoms with van der Waals surface area (Å²) in [5.41, 5.74) is 5.99. The number of benzene rings is 1. The first-order chi connectivity index (χ1) is 8.46. The summed E-state index contributed by atoms with van der Waals surface area (Å²) in [4.78, 5) is 0.224. The van der Waals surface area contributed by atoms with Crippen molar-refractivity contribution in [3.63, 3.8) is 0 Å². The Hall–Kier alpha value is -0.780. The first kappa shape index (κ1) is 13.6. The molecule has 0 aromatic heterocycles. The summed E-state index contributed by atoms with van der Waals surface area (Å²) in [6.45, 7) is 2.52. The van der Waals surface area contributed by atoms with Crippen molar-refractivity contribution in [3.05, 3.63) is 23.2 Å². The summed E-state index contributed by atoms with van der Waals surface area (Å²) in [5.74, 6) is 0. The summed E-state index contributed by atoms with van der Waals surface area (Å²) < 4.78 is 26.6. The van der Waals surface area contributed by atoms with Crippen LogP contribution in [0.2, 0.25) is 5.02 Å². The Bertz CT molecular complexity index is 541. The second-order valence-electron chi connectivity index (χ2n) is 4.53. The van der Waals surface area contributed by atoms with E-state index in [1.807, 2.05) is 6.92 Å². The molecule has 1 aromatic carbocycles. The van der Waals surface area contributed by atoms with E-state index in [4.69, 9.17) is 17.3 Å². The molecule has 0 spiro atoms. The fourth-order valence-corrected chi connectivity index (χ4v) is 3.93. The van der Waals surface area contributed by atoms with Crippen LogP contribution in [0.5, 0.6) is 0 Å². The largest absolute Gasteiger partial charge is 0.398 e. The van der Waals surface area contributed by atoms with Crippen molar-refractivity contribution in [1.82, 2.24) is 4.31 Å². The van der Waals surface area contributed by atoms with Crippen molar-refractivity contribution < 1.29 is 8.42 Å². The third-order valence-corrected chi connectivity index (χ3v) is 5.25. The molecule has 4 nitrogen and oxygen atoms in total. The lowest BCUT2D eigenvalue weighted by atomic mass is 10.3. The number of halogens is 1. The topological polar surface area (TPSA) is 63.4 Å². The number of nitrogen functional groups attached to an aromatic ring is 1. The lowest BCUT2D eigenvalue weighted by molar-refractivity contribution is 0.403. The number of anilines is 1. The van der Waals surface area contributed by atoms with Gasteiger partial charge in [0.25, 0.3) is 0 Å². The van der Waals surface area contributed by atoms with Gasteiger partial charge in [-0.3, -0.25) is 0 Å². The van der Waals surface area contributed by atoms with Gasteiger partial charge in [0.15, 0.2) is 0 Å². The molecule has 0 amide bonds. The zero-order valence-corrected chi connectivity index (χ0v) is 11.8. The summed E-state index contributed by atoms with van der Waals surface area (Å²) in [6, 6.07) is 4.64. The zero-order valence-electron chi connectivity index (χ0n) is 10.3. The highest BCUT2D eigenvalue weighted by Gasteiger charge is 2.37. The molecule has 0 heterocycles. The molecular weight excluding hydrogens is 272 g/mol. The highest BCUT2D eigenvalue weighted by Crippen LogP contribution is 2.33. The molecule has 0 saturated heterocycles. The highest BCUT2D eigenvalue weighted by molar-refractivity contribution is 7.89. The Morgan fingerprint density at radius 3 is 2.61 bits per heavy atom. The molecule has 6 heteroatoms. The molecule has 1 aliphatic rings. The molecule has 0 radical (unpaired) electrons. The van der Waals surface area contributed by atoms with Gasteiger partial charge in [-0.25, -0.2) is 8.42 Å². The van der Waals surface area contributed by atoms with Gasteiger partial charge in [-0.15, -0.1) is 0 Å². The Balaban J connectivity index is 2.36. The second-order valence-corrected chi connectivity index (χ2v) is 6.83. The first-order valence-electron chi connectivity index (χ1n) is 6.03. The fraction of sp³-hybridized carbons (Fsp3) is 0.500. The number of nitrogens with zero attached hydrogens (tertiary/aromatic N) is 1. The summed E-state index contributed by atoms with van der Waals surface area (Å²) in [5, 5.41) is 0.281. The van der Waals surface area contributed by atoms with E-state index in [1.54, 1.807) is 4.31 Å². The highest BCUT2D eigenvalue weighted by atomic mass is 35.5. The molecule has 100 valence electrons. The van der Waals surface area contributed by atoms with Crippen LogP contribution in [-0.2, 0) is 10.0 Å². The van der Waals surface area contributed by atoms with Crippen molar-refractivity contribution >= 4 is 27.3 Å². The van der Waals surface area contributed by atoms with Gasteiger partial charge in [0.2, 0.25) is 10.0 Å². The maximum atomic E-state index is 12.5. The zero-order chi connectivity index (χ0) is 13.3. The Morgan fingerprint density at radius 2 is 2.11 bits per heavy atom. The average Bonchev–Trinajstić information content (AvgIpc) is 3.13. The summed E-state index contributed by atoms with van der Waals surface area (Å²) >= 11 is 5.89. The SMILES string of the molecule is CCCN(C1CC1)S(=O)(=O)c1ccc(N)c(Cl)c1. The Kier molecular flexibility index (Phi) is 3.84. The molecule has 1 aromatic rings. The van der Waals surface area contributed by atoms with Crippen LogP contribution in [0.3, 0.4) is 0 Å². The van der Waals surface area contributed by atoms with Crippen LogP contribution in [-0.4, -0.2) is 25.3 Å². The van der Waals surface area contributed by atoms with Gasteiger partial charge in [-0.2, -0.15) is 4.31 Å². The summed E-state index contributed by atoms with van der Waals surface area (Å²) in [7, 11) is -3.45. The van der Waals surface area contributed by atoms with Crippen LogP contribution in [0.1, 0.15) is 26.2 Å². The monoisotopic (exact) mass is 288 g/mol. The van der Waals surface area contributed by atoms with E-state index in [-0.39, 0.29) is 16.0 Å². The third-order valence-electron chi connectivity index (χ3n) is 2.98. The molecule has 1 aliphatic carbocycles. The van der Waals surface area contributed by atoms with Crippen molar-refractivity contribution in [2.45, 2.75) is 37.1 Å². The first-order valence-corrected chi connectivity index (χ1v) is 7.85. The van der Waals surface area contributed by atoms with Crippen LogP contribution < -0.4 is 5.73 Å². The standard InChI is InChI=1S/C12H17ClN2O2S/c1-2-7-15(9-3-4-9)18(16,17)10-5-6-12(14)11(13)8-10/h5-6,8-9H,2-4,7,14H2,1H3. The van der Waals surface area contributed by atoms with Gasteiger partial charge in [-0.1, -0.05) is 18.5 Å². The minimum Gasteiger partial charge on any atom is -0.398 e. The van der Waals surface area contributed by atoms with Crippen LogP contribution in [0.25, 0.3) is 0 Å². The van der Waals surface area contributed by atoms with E-state index in [1.165, 1.54) is 18.2 Å². The molecule has 18 heavy (non-hydrogen) atoms. The Labute approximate surface area is 113 Å². The van der Waals surface area contributed by atoms with Gasteiger partial charge in [-0.05, 0) is 37.5 Å². The molecule has 0 aliphatic heterocycles. The molecule has 1 saturated carbocycles. The van der Waals surface area contributed by atoms with Crippen molar-refractivity contribution in [2.75, 3.05) is 12.3 Å². The Morgan fingerprint density at radius 1 is 1.44 bits per heavy atom. The van der Waals surface area contributed by atoms with Gasteiger partial charge < -0.3 is 5.73 Å². The molecule has 0 unspecified atom stereocenters. The third kappa shape index (κ3) is 2.63. The minimum atomic E-state index is -3.45. The van der Waals surface area contributed by atoms with Crippen molar-refractivity contribution in [2.24, 2.45) is 0 Å². The lowest BCUT2D eigenvalue weighted by Gasteiger charge is -2.21. The van der Waals surface area contributed by atoms with E-state index in [2.05, 4.69) is 0 Å². The van der Waals surface area contributed by atoms with E-state index in [0.717, 1.165) is 19.3 Å². The molecule has 2 N–H and O–H groups in total. The predicted octanol–water partition coefficient (Wildman–Crippen LogP) is 2.49. The number of hydrogen-bond acceptors (Lipinski definition) is 3. The minimum absolute atomic E-state index is 0.159. The number of rotatable bonds is 5.